The first-order valence-corrected chi connectivity index (χ1v) is 6.14. The zero-order chi connectivity index (χ0) is 12.4. The van der Waals surface area contributed by atoms with Gasteiger partial charge in [-0.1, -0.05) is 5.16 Å². The number of rotatable bonds is 3. The van der Waals surface area contributed by atoms with Crippen LogP contribution < -0.4 is 10.5 Å². The Morgan fingerprint density at radius 3 is 2.56 bits per heavy atom. The molecule has 1 aliphatic carbocycles. The number of nitrogens with zero attached hydrogens (tertiary/aromatic N) is 1. The van der Waals surface area contributed by atoms with Crippen LogP contribution in [0.1, 0.15) is 25.7 Å². The van der Waals surface area contributed by atoms with Crippen molar-refractivity contribution in [2.45, 2.75) is 31.8 Å². The van der Waals surface area contributed by atoms with Gasteiger partial charge in [-0.3, -0.25) is 9.51 Å². The third kappa shape index (κ3) is 2.30. The van der Waals surface area contributed by atoms with E-state index in [1.165, 1.54) is 12.8 Å². The Hall–Kier alpha value is -2.04. The molecule has 3 rings (SSSR count). The number of H-pyrrole nitrogens is 1. The van der Waals surface area contributed by atoms with E-state index in [9.17, 15) is 4.79 Å². The third-order valence-electron chi connectivity index (χ3n) is 3.17. The van der Waals surface area contributed by atoms with E-state index in [2.05, 4.69) is 14.7 Å². The van der Waals surface area contributed by atoms with Crippen LogP contribution in [-0.2, 0) is 0 Å². The fourth-order valence-electron chi connectivity index (χ4n) is 2.24. The van der Waals surface area contributed by atoms with E-state index in [-0.39, 0.29) is 0 Å². The maximum atomic E-state index is 10.9. The molecule has 2 aromatic rings. The first kappa shape index (κ1) is 11.1. The van der Waals surface area contributed by atoms with E-state index in [0.717, 1.165) is 24.2 Å². The van der Waals surface area contributed by atoms with Crippen LogP contribution in [0.15, 0.2) is 33.6 Å². The lowest BCUT2D eigenvalue weighted by Gasteiger charge is -2.12. The monoisotopic (exact) mass is 246 g/mol. The molecule has 1 aromatic heterocycles. The Morgan fingerprint density at radius 1 is 1.22 bits per heavy atom. The van der Waals surface area contributed by atoms with E-state index in [1.807, 2.05) is 24.3 Å². The molecule has 0 amide bonds. The molecule has 1 saturated carbocycles. The van der Waals surface area contributed by atoms with Crippen LogP contribution in [-0.4, -0.2) is 16.2 Å². The molecule has 1 aliphatic rings. The van der Waals surface area contributed by atoms with Crippen molar-refractivity contribution in [2.75, 3.05) is 0 Å². The van der Waals surface area contributed by atoms with Gasteiger partial charge in [-0.2, -0.15) is 0 Å². The highest BCUT2D eigenvalue weighted by atomic mass is 16.5. The fourth-order valence-corrected chi connectivity index (χ4v) is 2.24. The fraction of sp³-hybridized carbons (Fsp3) is 0.385. The first-order valence-electron chi connectivity index (χ1n) is 6.14. The highest BCUT2D eigenvalue weighted by Crippen LogP contribution is 2.25. The summed E-state index contributed by atoms with van der Waals surface area (Å²) in [6.45, 7) is 0. The SMILES string of the molecule is O=c1[nH]c(-c2ccc(OC3CCCC3)cc2)no1. The summed E-state index contributed by atoms with van der Waals surface area (Å²) in [5, 5.41) is 3.64. The molecule has 0 radical (unpaired) electrons. The van der Waals surface area contributed by atoms with Gasteiger partial charge in [0.25, 0.3) is 0 Å². The predicted molar refractivity (Wildman–Crippen MR) is 65.4 cm³/mol. The van der Waals surface area contributed by atoms with Crippen LogP contribution in [0.5, 0.6) is 5.75 Å². The molecule has 0 aliphatic heterocycles. The third-order valence-corrected chi connectivity index (χ3v) is 3.17. The Balaban J connectivity index is 1.74. The second-order valence-electron chi connectivity index (χ2n) is 4.49. The van der Waals surface area contributed by atoms with Crippen LogP contribution in [0.3, 0.4) is 0 Å². The van der Waals surface area contributed by atoms with Gasteiger partial charge in [0, 0.05) is 5.56 Å². The van der Waals surface area contributed by atoms with Gasteiger partial charge in [0.1, 0.15) is 5.75 Å². The zero-order valence-corrected chi connectivity index (χ0v) is 9.89. The molecule has 0 spiro atoms. The average Bonchev–Trinajstić information content (AvgIpc) is 3.02. The molecule has 1 N–H and O–H groups in total. The van der Waals surface area contributed by atoms with E-state index < -0.39 is 5.76 Å². The van der Waals surface area contributed by atoms with Gasteiger partial charge in [0.2, 0.25) is 0 Å². The number of nitrogens with one attached hydrogen (secondary N) is 1. The second kappa shape index (κ2) is 4.68. The van der Waals surface area contributed by atoms with Gasteiger partial charge in [-0.05, 0) is 49.9 Å². The van der Waals surface area contributed by atoms with E-state index in [4.69, 9.17) is 4.74 Å². The Bertz CT molecular complexity index is 564. The maximum absolute atomic E-state index is 10.9. The molecular weight excluding hydrogens is 232 g/mol. The van der Waals surface area contributed by atoms with Gasteiger partial charge in [-0.15, -0.1) is 0 Å². The molecule has 5 nitrogen and oxygen atoms in total. The summed E-state index contributed by atoms with van der Waals surface area (Å²) in [5.74, 6) is 0.750. The number of aromatic amines is 1. The molecule has 18 heavy (non-hydrogen) atoms. The van der Waals surface area contributed by atoms with Crippen molar-refractivity contribution < 1.29 is 9.26 Å². The molecule has 94 valence electrons. The van der Waals surface area contributed by atoms with Gasteiger partial charge < -0.3 is 4.74 Å². The molecule has 0 atom stereocenters. The van der Waals surface area contributed by atoms with Crippen molar-refractivity contribution >= 4 is 0 Å². The van der Waals surface area contributed by atoms with E-state index in [0.29, 0.717) is 11.9 Å². The molecule has 1 aromatic carbocycles. The molecule has 1 fully saturated rings. The summed E-state index contributed by atoms with van der Waals surface area (Å²) in [5.41, 5.74) is 0.805. The zero-order valence-electron chi connectivity index (χ0n) is 9.89. The molecule has 0 bridgehead atoms. The summed E-state index contributed by atoms with van der Waals surface area (Å²) in [4.78, 5) is 13.4. The Morgan fingerprint density at radius 2 is 1.94 bits per heavy atom. The Labute approximate surface area is 104 Å². The minimum Gasteiger partial charge on any atom is -0.490 e. The minimum absolute atomic E-state index is 0.350. The van der Waals surface area contributed by atoms with Crippen molar-refractivity contribution in [1.82, 2.24) is 10.1 Å². The number of hydrogen-bond acceptors (Lipinski definition) is 4. The van der Waals surface area contributed by atoms with Crippen molar-refractivity contribution in [1.29, 1.82) is 0 Å². The van der Waals surface area contributed by atoms with Crippen LogP contribution in [0.25, 0.3) is 11.4 Å². The normalized spacial score (nSPS) is 16.0. The number of benzene rings is 1. The van der Waals surface area contributed by atoms with Gasteiger partial charge in [0.15, 0.2) is 5.82 Å². The molecule has 0 saturated heterocycles. The maximum Gasteiger partial charge on any atom is 0.439 e. The van der Waals surface area contributed by atoms with Crippen LogP contribution in [0.4, 0.5) is 0 Å². The predicted octanol–water partition coefficient (Wildman–Crippen LogP) is 2.35. The van der Waals surface area contributed by atoms with Crippen molar-refractivity contribution in [3.05, 3.63) is 34.8 Å². The van der Waals surface area contributed by atoms with Crippen molar-refractivity contribution in [3.63, 3.8) is 0 Å². The average molecular weight is 246 g/mol. The smallest absolute Gasteiger partial charge is 0.439 e. The quantitative estimate of drug-likeness (QED) is 0.902. The second-order valence-corrected chi connectivity index (χ2v) is 4.49. The van der Waals surface area contributed by atoms with Crippen LogP contribution >= 0.6 is 0 Å². The van der Waals surface area contributed by atoms with Gasteiger partial charge >= 0.3 is 5.76 Å². The number of ether oxygens (including phenoxy) is 1. The summed E-state index contributed by atoms with van der Waals surface area (Å²) in [7, 11) is 0. The highest BCUT2D eigenvalue weighted by Gasteiger charge is 2.16. The summed E-state index contributed by atoms with van der Waals surface area (Å²) < 4.78 is 10.3. The van der Waals surface area contributed by atoms with Crippen molar-refractivity contribution in [2.24, 2.45) is 0 Å². The van der Waals surface area contributed by atoms with E-state index >= 15 is 0 Å². The summed E-state index contributed by atoms with van der Waals surface area (Å²) in [6, 6.07) is 7.50. The van der Waals surface area contributed by atoms with Crippen LogP contribution in [0, 0.1) is 0 Å². The summed E-state index contributed by atoms with van der Waals surface area (Å²) in [6.07, 6.45) is 5.13. The first-order chi connectivity index (χ1) is 8.81. The topological polar surface area (TPSA) is 68.1 Å². The van der Waals surface area contributed by atoms with E-state index in [1.54, 1.807) is 0 Å². The lowest BCUT2D eigenvalue weighted by Crippen LogP contribution is -2.10. The van der Waals surface area contributed by atoms with Crippen LogP contribution in [0.2, 0.25) is 0 Å². The number of hydrogen-bond donors (Lipinski definition) is 1. The van der Waals surface area contributed by atoms with Gasteiger partial charge in [-0.25, -0.2) is 4.79 Å². The molecular formula is C13H14N2O3. The largest absolute Gasteiger partial charge is 0.490 e. The molecule has 5 heteroatoms. The lowest BCUT2D eigenvalue weighted by molar-refractivity contribution is 0.210. The molecule has 0 unspecified atom stereocenters. The highest BCUT2D eigenvalue weighted by molar-refractivity contribution is 5.55. The van der Waals surface area contributed by atoms with Crippen molar-refractivity contribution in [3.8, 4) is 17.1 Å². The summed E-state index contributed by atoms with van der Waals surface area (Å²) >= 11 is 0. The van der Waals surface area contributed by atoms with Gasteiger partial charge in [0.05, 0.1) is 6.10 Å². The number of aromatic nitrogens is 2. The lowest BCUT2D eigenvalue weighted by atomic mass is 10.2. The standard InChI is InChI=1S/C13H14N2O3/c16-13-14-12(15-18-13)9-5-7-11(8-6-9)17-10-3-1-2-4-10/h5-8,10H,1-4H2,(H,14,15,16). The Kier molecular flexibility index (Phi) is 2.88. The molecule has 1 heterocycles. The minimum atomic E-state index is -0.545.